The molecule has 0 fully saturated rings. The molecular formula is C20H26N2O5S. The third kappa shape index (κ3) is 6.63. The molecule has 0 atom stereocenters. The minimum absolute atomic E-state index is 0.146. The Morgan fingerprint density at radius 2 is 1.64 bits per heavy atom. The van der Waals surface area contributed by atoms with E-state index in [4.69, 9.17) is 9.47 Å². The molecule has 0 aromatic heterocycles. The molecule has 0 aliphatic rings. The second kappa shape index (κ2) is 10.2. The lowest BCUT2D eigenvalue weighted by Crippen LogP contribution is -2.30. The molecule has 0 spiro atoms. The number of hydrogen-bond donors (Lipinski definition) is 2. The van der Waals surface area contributed by atoms with Crippen LogP contribution in [-0.4, -0.2) is 40.2 Å². The maximum Gasteiger partial charge on any atom is 0.255 e. The second-order valence-corrected chi connectivity index (χ2v) is 8.04. The van der Waals surface area contributed by atoms with E-state index in [1.165, 1.54) is 12.1 Å². The van der Waals surface area contributed by atoms with Gasteiger partial charge in [0.1, 0.15) is 12.4 Å². The van der Waals surface area contributed by atoms with Crippen LogP contribution in [0.3, 0.4) is 0 Å². The van der Waals surface area contributed by atoms with Crippen molar-refractivity contribution in [3.8, 4) is 5.75 Å². The third-order valence-electron chi connectivity index (χ3n) is 3.63. The molecule has 0 unspecified atom stereocenters. The molecule has 7 nitrogen and oxygen atoms in total. The Kier molecular flexibility index (Phi) is 7.98. The molecule has 0 bridgehead atoms. The molecule has 1 amide bonds. The van der Waals surface area contributed by atoms with Crippen LogP contribution in [0, 0.1) is 0 Å². The fourth-order valence-electron chi connectivity index (χ4n) is 2.36. The van der Waals surface area contributed by atoms with Gasteiger partial charge in [-0.1, -0.05) is 0 Å². The summed E-state index contributed by atoms with van der Waals surface area (Å²) in [5.41, 5.74) is 0.973. The lowest BCUT2D eigenvalue weighted by molar-refractivity contribution is 0.102. The summed E-state index contributed by atoms with van der Waals surface area (Å²) in [6, 6.07) is 12.6. The van der Waals surface area contributed by atoms with Gasteiger partial charge in [-0.3, -0.25) is 4.79 Å². The first-order valence-electron chi connectivity index (χ1n) is 9.06. The van der Waals surface area contributed by atoms with E-state index in [0.717, 1.165) is 0 Å². The predicted octanol–water partition coefficient (Wildman–Crippen LogP) is 3.04. The number of carbonyl (C=O) groups excluding carboxylic acids is 1. The van der Waals surface area contributed by atoms with Crippen LogP contribution in [0.15, 0.2) is 53.4 Å². The van der Waals surface area contributed by atoms with Crippen LogP contribution in [-0.2, 0) is 14.8 Å². The highest BCUT2D eigenvalue weighted by Gasteiger charge is 2.15. The predicted molar refractivity (Wildman–Crippen MR) is 108 cm³/mol. The number of benzene rings is 2. The smallest absolute Gasteiger partial charge is 0.255 e. The summed E-state index contributed by atoms with van der Waals surface area (Å²) in [6.45, 7) is 7.02. The normalized spacial score (nSPS) is 11.4. The molecule has 0 saturated heterocycles. The Bertz CT molecular complexity index is 862. The number of hydrogen-bond acceptors (Lipinski definition) is 5. The van der Waals surface area contributed by atoms with Crippen LogP contribution in [0.1, 0.15) is 31.1 Å². The van der Waals surface area contributed by atoms with Gasteiger partial charge in [-0.15, -0.1) is 0 Å². The highest BCUT2D eigenvalue weighted by atomic mass is 32.2. The molecule has 0 radical (unpaired) electrons. The first kappa shape index (κ1) is 21.9. The minimum Gasteiger partial charge on any atom is -0.491 e. The number of carbonyl (C=O) groups is 1. The van der Waals surface area contributed by atoms with Gasteiger partial charge >= 0.3 is 0 Å². The van der Waals surface area contributed by atoms with Gasteiger partial charge in [0.2, 0.25) is 10.0 Å². The lowest BCUT2D eigenvalue weighted by atomic mass is 10.2. The summed E-state index contributed by atoms with van der Waals surface area (Å²) in [5.74, 6) is 0.361. The average Bonchev–Trinajstić information content (AvgIpc) is 2.65. The number of rotatable bonds is 10. The van der Waals surface area contributed by atoms with E-state index >= 15 is 0 Å². The van der Waals surface area contributed by atoms with E-state index < -0.39 is 10.0 Å². The Balaban J connectivity index is 1.95. The molecule has 0 aliphatic heterocycles. The van der Waals surface area contributed by atoms with E-state index in [0.29, 0.717) is 36.8 Å². The van der Waals surface area contributed by atoms with Gasteiger partial charge in [0.15, 0.2) is 0 Å². The molecule has 8 heteroatoms. The van der Waals surface area contributed by atoms with Gasteiger partial charge in [-0.25, -0.2) is 13.1 Å². The standard InChI is InChI=1S/C20H26N2O5S/c1-4-26-13-14-27-18-9-5-16(6-10-18)20(23)21-17-7-11-19(12-8-17)28(24,25)22-15(2)3/h5-12,15,22H,4,13-14H2,1-3H3,(H,21,23). The monoisotopic (exact) mass is 406 g/mol. The highest BCUT2D eigenvalue weighted by Crippen LogP contribution is 2.17. The maximum atomic E-state index is 12.3. The summed E-state index contributed by atoms with van der Waals surface area (Å²) in [4.78, 5) is 12.5. The van der Waals surface area contributed by atoms with Gasteiger partial charge in [-0.05, 0) is 69.3 Å². The number of amides is 1. The molecule has 152 valence electrons. The van der Waals surface area contributed by atoms with Crippen molar-refractivity contribution < 1.29 is 22.7 Å². The van der Waals surface area contributed by atoms with Crippen LogP contribution in [0.2, 0.25) is 0 Å². The molecule has 2 N–H and O–H groups in total. The van der Waals surface area contributed by atoms with E-state index in [2.05, 4.69) is 10.0 Å². The largest absolute Gasteiger partial charge is 0.491 e. The molecule has 0 heterocycles. The highest BCUT2D eigenvalue weighted by molar-refractivity contribution is 7.89. The number of sulfonamides is 1. The van der Waals surface area contributed by atoms with Gasteiger partial charge < -0.3 is 14.8 Å². The van der Waals surface area contributed by atoms with E-state index in [1.54, 1.807) is 50.2 Å². The maximum absolute atomic E-state index is 12.3. The van der Waals surface area contributed by atoms with Crippen LogP contribution >= 0.6 is 0 Å². The van der Waals surface area contributed by atoms with Crippen molar-refractivity contribution >= 4 is 21.6 Å². The second-order valence-electron chi connectivity index (χ2n) is 6.32. The first-order chi connectivity index (χ1) is 13.3. The molecule has 0 saturated carbocycles. The van der Waals surface area contributed by atoms with Crippen LogP contribution in [0.25, 0.3) is 0 Å². The van der Waals surface area contributed by atoms with E-state index in [9.17, 15) is 13.2 Å². The van der Waals surface area contributed by atoms with Gasteiger partial charge in [-0.2, -0.15) is 0 Å². The summed E-state index contributed by atoms with van der Waals surface area (Å²) in [6.07, 6.45) is 0. The average molecular weight is 407 g/mol. The zero-order valence-corrected chi connectivity index (χ0v) is 17.1. The topological polar surface area (TPSA) is 93.7 Å². The van der Waals surface area contributed by atoms with Crippen molar-refractivity contribution in [1.29, 1.82) is 0 Å². The zero-order chi connectivity index (χ0) is 20.6. The molecule has 0 aliphatic carbocycles. The quantitative estimate of drug-likeness (QED) is 0.592. The number of anilines is 1. The molecule has 28 heavy (non-hydrogen) atoms. The minimum atomic E-state index is -3.56. The molecule has 2 rings (SSSR count). The number of ether oxygens (including phenoxy) is 2. The van der Waals surface area contributed by atoms with Gasteiger partial charge in [0.25, 0.3) is 5.91 Å². The Morgan fingerprint density at radius 3 is 2.21 bits per heavy atom. The molecular weight excluding hydrogens is 380 g/mol. The van der Waals surface area contributed by atoms with Crippen LogP contribution in [0.5, 0.6) is 5.75 Å². The SMILES string of the molecule is CCOCCOc1ccc(C(=O)Nc2ccc(S(=O)(=O)NC(C)C)cc2)cc1. The fourth-order valence-corrected chi connectivity index (χ4v) is 3.62. The van der Waals surface area contributed by atoms with Crippen molar-refractivity contribution in [2.45, 2.75) is 31.7 Å². The first-order valence-corrected chi connectivity index (χ1v) is 10.5. The van der Waals surface area contributed by atoms with Crippen LogP contribution in [0.4, 0.5) is 5.69 Å². The van der Waals surface area contributed by atoms with Gasteiger partial charge in [0.05, 0.1) is 11.5 Å². The van der Waals surface area contributed by atoms with Crippen molar-refractivity contribution in [1.82, 2.24) is 4.72 Å². The number of nitrogens with one attached hydrogen (secondary N) is 2. The Hall–Kier alpha value is -2.42. The van der Waals surface area contributed by atoms with Crippen molar-refractivity contribution in [3.63, 3.8) is 0 Å². The van der Waals surface area contributed by atoms with Crippen molar-refractivity contribution in [2.75, 3.05) is 25.1 Å². The van der Waals surface area contributed by atoms with E-state index in [-0.39, 0.29) is 16.8 Å². The lowest BCUT2D eigenvalue weighted by Gasteiger charge is -2.11. The third-order valence-corrected chi connectivity index (χ3v) is 5.30. The molecule has 2 aromatic rings. The summed E-state index contributed by atoms with van der Waals surface area (Å²) in [5, 5.41) is 2.74. The zero-order valence-electron chi connectivity index (χ0n) is 16.3. The summed E-state index contributed by atoms with van der Waals surface area (Å²) < 4.78 is 37.5. The fraction of sp³-hybridized carbons (Fsp3) is 0.350. The summed E-state index contributed by atoms with van der Waals surface area (Å²) >= 11 is 0. The Morgan fingerprint density at radius 1 is 1.00 bits per heavy atom. The summed E-state index contributed by atoms with van der Waals surface area (Å²) in [7, 11) is -3.56. The van der Waals surface area contributed by atoms with Crippen molar-refractivity contribution in [2.24, 2.45) is 0 Å². The van der Waals surface area contributed by atoms with E-state index in [1.807, 2.05) is 6.92 Å². The van der Waals surface area contributed by atoms with Crippen LogP contribution < -0.4 is 14.8 Å². The van der Waals surface area contributed by atoms with Crippen molar-refractivity contribution in [3.05, 3.63) is 54.1 Å². The Labute approximate surface area is 166 Å². The van der Waals surface area contributed by atoms with Gasteiger partial charge in [0, 0.05) is 23.9 Å². The molecule has 2 aromatic carbocycles.